The number of nitrogens with two attached hydrogens (primary N) is 1. The van der Waals surface area contributed by atoms with Crippen molar-refractivity contribution >= 4 is 11.8 Å². The van der Waals surface area contributed by atoms with Crippen LogP contribution < -0.4 is 5.73 Å². The molecule has 0 unspecified atom stereocenters. The van der Waals surface area contributed by atoms with E-state index in [0.717, 1.165) is 78.0 Å². The van der Waals surface area contributed by atoms with Crippen molar-refractivity contribution in [1.82, 2.24) is 24.5 Å². The standard InChI is InChI=1S/C20H38N6O2/c1-22-7-11-24(12-8-22)19(27)15-26(18-5-3-17(21)4-6-18)16-20(28)25-13-9-23(2)10-14-25/h17-18H,3-16,21H2,1-2H3. The van der Waals surface area contributed by atoms with Crippen LogP contribution in [0.3, 0.4) is 0 Å². The lowest BCUT2D eigenvalue weighted by Gasteiger charge is -2.39. The van der Waals surface area contributed by atoms with E-state index in [2.05, 4.69) is 28.8 Å². The predicted octanol–water partition coefficient (Wildman–Crippen LogP) is -0.894. The first-order valence-electron chi connectivity index (χ1n) is 10.8. The van der Waals surface area contributed by atoms with Gasteiger partial charge in [-0.15, -0.1) is 0 Å². The second-order valence-corrected chi connectivity index (χ2v) is 8.84. The first-order valence-corrected chi connectivity index (χ1v) is 10.8. The summed E-state index contributed by atoms with van der Waals surface area (Å²) in [5.41, 5.74) is 6.08. The number of carbonyl (C=O) groups excluding carboxylic acids is 2. The Balaban J connectivity index is 1.59. The molecule has 1 aliphatic carbocycles. The van der Waals surface area contributed by atoms with Crippen molar-refractivity contribution in [1.29, 1.82) is 0 Å². The number of likely N-dealkylation sites (N-methyl/N-ethyl adjacent to an activating group) is 2. The molecule has 0 atom stereocenters. The Bertz CT molecular complexity index is 485. The Labute approximate surface area is 169 Å². The molecule has 1 saturated carbocycles. The molecule has 160 valence electrons. The van der Waals surface area contributed by atoms with Crippen molar-refractivity contribution in [2.24, 2.45) is 5.73 Å². The highest BCUT2D eigenvalue weighted by molar-refractivity contribution is 5.81. The largest absolute Gasteiger partial charge is 0.339 e. The maximum atomic E-state index is 12.9. The molecule has 3 fully saturated rings. The summed E-state index contributed by atoms with van der Waals surface area (Å²) in [5.74, 6) is 0.322. The van der Waals surface area contributed by atoms with Crippen molar-refractivity contribution in [3.05, 3.63) is 0 Å². The van der Waals surface area contributed by atoms with E-state index >= 15 is 0 Å². The summed E-state index contributed by atoms with van der Waals surface area (Å²) in [5, 5.41) is 0. The topological polar surface area (TPSA) is 76.4 Å². The molecule has 0 aromatic heterocycles. The van der Waals surface area contributed by atoms with Crippen molar-refractivity contribution in [2.75, 3.05) is 79.5 Å². The first-order chi connectivity index (χ1) is 13.4. The minimum Gasteiger partial charge on any atom is -0.339 e. The molecular weight excluding hydrogens is 356 g/mol. The summed E-state index contributed by atoms with van der Waals surface area (Å²) in [7, 11) is 4.18. The van der Waals surface area contributed by atoms with Crippen LogP contribution in [-0.2, 0) is 9.59 Å². The highest BCUT2D eigenvalue weighted by atomic mass is 16.2. The zero-order chi connectivity index (χ0) is 20.1. The quantitative estimate of drug-likeness (QED) is 0.652. The Morgan fingerprint density at radius 1 is 0.750 bits per heavy atom. The van der Waals surface area contributed by atoms with E-state index in [0.29, 0.717) is 13.1 Å². The highest BCUT2D eigenvalue weighted by Crippen LogP contribution is 2.22. The SMILES string of the molecule is CN1CCN(C(=O)CN(CC(=O)N2CCN(C)CC2)C2CCC(N)CC2)CC1. The summed E-state index contributed by atoms with van der Waals surface area (Å²) in [6, 6.07) is 0.549. The molecule has 2 aliphatic heterocycles. The number of nitrogens with zero attached hydrogens (tertiary/aromatic N) is 5. The molecule has 2 amide bonds. The van der Waals surface area contributed by atoms with E-state index in [1.165, 1.54) is 0 Å². The van der Waals surface area contributed by atoms with Crippen LogP contribution in [0.4, 0.5) is 0 Å². The van der Waals surface area contributed by atoms with Gasteiger partial charge in [-0.2, -0.15) is 0 Å². The lowest BCUT2D eigenvalue weighted by Crippen LogP contribution is -2.55. The molecule has 8 nitrogen and oxygen atoms in total. The fourth-order valence-corrected chi connectivity index (χ4v) is 4.44. The summed E-state index contributed by atoms with van der Waals surface area (Å²) in [6.45, 7) is 7.52. The van der Waals surface area contributed by atoms with Crippen LogP contribution in [0.1, 0.15) is 25.7 Å². The molecule has 3 rings (SSSR count). The molecule has 2 heterocycles. The molecule has 2 saturated heterocycles. The monoisotopic (exact) mass is 394 g/mol. The number of carbonyl (C=O) groups is 2. The second kappa shape index (κ2) is 10.0. The van der Waals surface area contributed by atoms with E-state index in [9.17, 15) is 9.59 Å². The van der Waals surface area contributed by atoms with Gasteiger partial charge in [0.25, 0.3) is 0 Å². The third-order valence-electron chi connectivity index (χ3n) is 6.65. The van der Waals surface area contributed by atoms with Crippen LogP contribution in [0.5, 0.6) is 0 Å². The van der Waals surface area contributed by atoms with Crippen molar-refractivity contribution in [3.63, 3.8) is 0 Å². The number of hydrogen-bond acceptors (Lipinski definition) is 6. The van der Waals surface area contributed by atoms with Gasteiger partial charge < -0.3 is 25.3 Å². The van der Waals surface area contributed by atoms with Gasteiger partial charge >= 0.3 is 0 Å². The molecule has 28 heavy (non-hydrogen) atoms. The van der Waals surface area contributed by atoms with Crippen LogP contribution in [0.2, 0.25) is 0 Å². The van der Waals surface area contributed by atoms with E-state index in [1.807, 2.05) is 9.80 Å². The molecule has 0 aromatic carbocycles. The average Bonchev–Trinajstić information content (AvgIpc) is 2.69. The second-order valence-electron chi connectivity index (χ2n) is 8.84. The zero-order valence-electron chi connectivity index (χ0n) is 17.7. The Morgan fingerprint density at radius 3 is 1.54 bits per heavy atom. The van der Waals surface area contributed by atoms with Crippen LogP contribution >= 0.6 is 0 Å². The van der Waals surface area contributed by atoms with Gasteiger partial charge in [0.15, 0.2) is 0 Å². The summed E-state index contributed by atoms with van der Waals surface area (Å²) in [6.07, 6.45) is 3.92. The van der Waals surface area contributed by atoms with Crippen LogP contribution in [0.15, 0.2) is 0 Å². The number of piperazine rings is 2. The maximum absolute atomic E-state index is 12.9. The molecule has 0 aromatic rings. The van der Waals surface area contributed by atoms with E-state index in [1.54, 1.807) is 0 Å². The molecule has 3 aliphatic rings. The third kappa shape index (κ3) is 5.89. The van der Waals surface area contributed by atoms with Gasteiger partial charge in [0.1, 0.15) is 0 Å². The number of amides is 2. The normalized spacial score (nSPS) is 28.0. The number of hydrogen-bond donors (Lipinski definition) is 1. The number of rotatable bonds is 5. The van der Waals surface area contributed by atoms with E-state index in [4.69, 9.17) is 5.73 Å². The summed E-state index contributed by atoms with van der Waals surface area (Å²) < 4.78 is 0. The highest BCUT2D eigenvalue weighted by Gasteiger charge is 2.31. The Hall–Kier alpha value is -1.22. The van der Waals surface area contributed by atoms with Crippen molar-refractivity contribution < 1.29 is 9.59 Å². The fourth-order valence-electron chi connectivity index (χ4n) is 4.44. The Kier molecular flexibility index (Phi) is 7.68. The van der Waals surface area contributed by atoms with Gasteiger partial charge in [-0.05, 0) is 39.8 Å². The molecule has 0 radical (unpaired) electrons. The third-order valence-corrected chi connectivity index (χ3v) is 6.65. The lowest BCUT2D eigenvalue weighted by atomic mass is 9.90. The molecule has 2 N–H and O–H groups in total. The van der Waals surface area contributed by atoms with Gasteiger partial charge in [-0.25, -0.2) is 0 Å². The van der Waals surface area contributed by atoms with Gasteiger partial charge in [-0.3, -0.25) is 14.5 Å². The van der Waals surface area contributed by atoms with Crippen LogP contribution in [0.25, 0.3) is 0 Å². The van der Waals surface area contributed by atoms with Gasteiger partial charge in [0, 0.05) is 64.4 Å². The van der Waals surface area contributed by atoms with E-state index < -0.39 is 0 Å². The van der Waals surface area contributed by atoms with E-state index in [-0.39, 0.29) is 23.9 Å². The van der Waals surface area contributed by atoms with Crippen LogP contribution in [-0.4, -0.2) is 128 Å². The fraction of sp³-hybridized carbons (Fsp3) is 0.900. The Morgan fingerprint density at radius 2 is 1.14 bits per heavy atom. The molecule has 0 spiro atoms. The first kappa shape index (κ1) is 21.5. The van der Waals surface area contributed by atoms with Crippen molar-refractivity contribution in [3.8, 4) is 0 Å². The van der Waals surface area contributed by atoms with Gasteiger partial charge in [0.2, 0.25) is 11.8 Å². The lowest BCUT2D eigenvalue weighted by molar-refractivity contribution is -0.138. The summed E-state index contributed by atoms with van der Waals surface area (Å²) in [4.78, 5) is 36.4. The van der Waals surface area contributed by atoms with Gasteiger partial charge in [0.05, 0.1) is 13.1 Å². The minimum atomic E-state index is 0.161. The van der Waals surface area contributed by atoms with Crippen LogP contribution in [0, 0.1) is 0 Å². The predicted molar refractivity (Wildman–Crippen MR) is 110 cm³/mol. The smallest absolute Gasteiger partial charge is 0.236 e. The van der Waals surface area contributed by atoms with Gasteiger partial charge in [-0.1, -0.05) is 0 Å². The maximum Gasteiger partial charge on any atom is 0.236 e. The average molecular weight is 395 g/mol. The zero-order valence-corrected chi connectivity index (χ0v) is 17.7. The van der Waals surface area contributed by atoms with Crippen molar-refractivity contribution in [2.45, 2.75) is 37.8 Å². The molecule has 0 bridgehead atoms. The minimum absolute atomic E-state index is 0.161. The molecule has 8 heteroatoms. The molecular formula is C20H38N6O2. The summed E-state index contributed by atoms with van der Waals surface area (Å²) >= 11 is 0.